The summed E-state index contributed by atoms with van der Waals surface area (Å²) in [7, 11) is -1.33. The first-order chi connectivity index (χ1) is 10.8. The van der Waals surface area contributed by atoms with E-state index in [0.717, 1.165) is 16.8 Å². The minimum Gasteiger partial charge on any atom is -0.341 e. The summed E-state index contributed by atoms with van der Waals surface area (Å²) in [5, 5.41) is 2.82. The van der Waals surface area contributed by atoms with E-state index in [1.165, 1.54) is 0 Å². The third-order valence-corrected chi connectivity index (χ3v) is 6.32. The van der Waals surface area contributed by atoms with Crippen LogP contribution in [0.2, 0.25) is 0 Å². The van der Waals surface area contributed by atoms with Crippen molar-refractivity contribution in [3.8, 4) is 0 Å². The highest BCUT2D eigenvalue weighted by atomic mass is 32.2. The van der Waals surface area contributed by atoms with Crippen LogP contribution in [-0.4, -0.2) is 49.7 Å². The van der Waals surface area contributed by atoms with E-state index in [0.29, 0.717) is 19.3 Å². The average molecular weight is 336 g/mol. The Hall–Kier alpha value is -1.89. The highest BCUT2D eigenvalue weighted by Crippen LogP contribution is 2.24. The maximum absolute atomic E-state index is 12.4. The number of rotatable bonds is 3. The summed E-state index contributed by atoms with van der Waals surface area (Å²) in [5.41, 5.74) is 2.74. The van der Waals surface area contributed by atoms with Gasteiger partial charge in [-0.05, 0) is 30.0 Å². The van der Waals surface area contributed by atoms with Gasteiger partial charge in [-0.15, -0.1) is 0 Å². The van der Waals surface area contributed by atoms with Gasteiger partial charge < -0.3 is 10.2 Å². The summed E-state index contributed by atoms with van der Waals surface area (Å²) in [5.74, 6) is 0.162. The largest absolute Gasteiger partial charge is 0.341 e. The lowest BCUT2D eigenvalue weighted by atomic mass is 9.99. The molecule has 0 aliphatic carbocycles. The number of benzene rings is 1. The molecule has 3 rings (SSSR count). The zero-order valence-electron chi connectivity index (χ0n) is 13.0. The Kier molecular flexibility index (Phi) is 4.14. The van der Waals surface area contributed by atoms with Crippen LogP contribution in [0.5, 0.6) is 0 Å². The Morgan fingerprint density at radius 3 is 2.83 bits per heavy atom. The quantitative estimate of drug-likeness (QED) is 0.883. The number of nitrogens with zero attached hydrogens (tertiary/aromatic N) is 1. The molecule has 1 saturated heterocycles. The Labute approximate surface area is 135 Å². The van der Waals surface area contributed by atoms with Crippen LogP contribution in [0.1, 0.15) is 24.0 Å². The zero-order chi connectivity index (χ0) is 16.6. The van der Waals surface area contributed by atoms with Crippen LogP contribution in [0.3, 0.4) is 0 Å². The molecule has 2 heterocycles. The van der Waals surface area contributed by atoms with Crippen molar-refractivity contribution >= 4 is 27.3 Å². The number of aryl methyl sites for hydroxylation is 1. The van der Waals surface area contributed by atoms with E-state index < -0.39 is 9.84 Å². The van der Waals surface area contributed by atoms with Crippen LogP contribution in [0, 0.1) is 0 Å². The van der Waals surface area contributed by atoms with Gasteiger partial charge in [-0.2, -0.15) is 0 Å². The van der Waals surface area contributed by atoms with Gasteiger partial charge in [0.25, 0.3) is 0 Å². The van der Waals surface area contributed by atoms with Gasteiger partial charge in [-0.1, -0.05) is 12.1 Å². The molecule has 0 bridgehead atoms. The molecular formula is C16H20N2O4S. The third-order valence-electron chi connectivity index (χ3n) is 4.57. The van der Waals surface area contributed by atoms with E-state index in [9.17, 15) is 18.0 Å². The highest BCUT2D eigenvalue weighted by Gasteiger charge is 2.32. The fourth-order valence-electron chi connectivity index (χ4n) is 3.13. The second-order valence-corrected chi connectivity index (χ2v) is 8.51. The van der Waals surface area contributed by atoms with E-state index in [2.05, 4.69) is 5.32 Å². The van der Waals surface area contributed by atoms with Crippen molar-refractivity contribution in [2.24, 2.45) is 0 Å². The van der Waals surface area contributed by atoms with E-state index in [4.69, 9.17) is 0 Å². The Morgan fingerprint density at radius 2 is 2.13 bits per heavy atom. The Morgan fingerprint density at radius 1 is 1.35 bits per heavy atom. The number of carbonyl (C=O) groups is 2. The molecule has 0 aromatic heterocycles. The molecule has 1 fully saturated rings. The zero-order valence-corrected chi connectivity index (χ0v) is 13.9. The second-order valence-electron chi connectivity index (χ2n) is 6.28. The van der Waals surface area contributed by atoms with Gasteiger partial charge in [0.1, 0.15) is 0 Å². The standard InChI is InChI=1S/C16H20N2O4S/c1-18(13-6-7-23(21,22)10-13)16(20)9-11-2-4-14-12(8-11)3-5-15(19)17-14/h2,4,8,13H,3,5-7,9-10H2,1H3,(H,17,19). The predicted octanol–water partition coefficient (Wildman–Crippen LogP) is 0.759. The van der Waals surface area contributed by atoms with E-state index >= 15 is 0 Å². The number of carbonyl (C=O) groups excluding carboxylic acids is 2. The fourth-order valence-corrected chi connectivity index (χ4v) is 4.90. The van der Waals surface area contributed by atoms with Crippen LogP contribution in [-0.2, 0) is 32.3 Å². The van der Waals surface area contributed by atoms with Crippen LogP contribution in [0.4, 0.5) is 5.69 Å². The molecule has 7 heteroatoms. The molecule has 23 heavy (non-hydrogen) atoms. The minimum absolute atomic E-state index is 0.0171. The molecule has 0 spiro atoms. The van der Waals surface area contributed by atoms with Crippen molar-refractivity contribution in [3.05, 3.63) is 29.3 Å². The van der Waals surface area contributed by atoms with Gasteiger partial charge in [0, 0.05) is 25.2 Å². The maximum Gasteiger partial charge on any atom is 0.227 e. The lowest BCUT2D eigenvalue weighted by Gasteiger charge is -2.24. The predicted molar refractivity (Wildman–Crippen MR) is 86.9 cm³/mol. The summed E-state index contributed by atoms with van der Waals surface area (Å²) in [6, 6.07) is 5.40. The van der Waals surface area contributed by atoms with Crippen molar-refractivity contribution in [3.63, 3.8) is 0 Å². The third kappa shape index (κ3) is 3.55. The summed E-state index contributed by atoms with van der Waals surface area (Å²) in [6.07, 6.45) is 1.90. The molecule has 1 aromatic carbocycles. The van der Waals surface area contributed by atoms with E-state index in [1.54, 1.807) is 11.9 Å². The molecule has 124 valence electrons. The number of sulfone groups is 1. The van der Waals surface area contributed by atoms with Crippen molar-refractivity contribution < 1.29 is 18.0 Å². The van der Waals surface area contributed by atoms with Gasteiger partial charge in [0.05, 0.1) is 17.9 Å². The number of hydrogen-bond acceptors (Lipinski definition) is 4. The summed E-state index contributed by atoms with van der Waals surface area (Å²) in [6.45, 7) is 0. The fraction of sp³-hybridized carbons (Fsp3) is 0.500. The number of hydrogen-bond donors (Lipinski definition) is 1. The molecular weight excluding hydrogens is 316 g/mol. The molecule has 0 saturated carbocycles. The Balaban J connectivity index is 1.67. The van der Waals surface area contributed by atoms with E-state index in [1.807, 2.05) is 18.2 Å². The molecule has 2 aliphatic heterocycles. The topological polar surface area (TPSA) is 83.6 Å². The van der Waals surface area contributed by atoms with Gasteiger partial charge in [-0.3, -0.25) is 9.59 Å². The van der Waals surface area contributed by atoms with Crippen molar-refractivity contribution in [1.82, 2.24) is 4.90 Å². The number of amides is 2. The molecule has 1 unspecified atom stereocenters. The summed E-state index contributed by atoms with van der Waals surface area (Å²) in [4.78, 5) is 25.3. The van der Waals surface area contributed by atoms with Crippen molar-refractivity contribution in [2.75, 3.05) is 23.9 Å². The number of likely N-dealkylation sites (N-methyl/N-ethyl adjacent to an activating group) is 1. The lowest BCUT2D eigenvalue weighted by molar-refractivity contribution is -0.130. The monoisotopic (exact) mass is 336 g/mol. The highest BCUT2D eigenvalue weighted by molar-refractivity contribution is 7.91. The number of anilines is 1. The molecule has 0 radical (unpaired) electrons. The molecule has 1 atom stereocenters. The van der Waals surface area contributed by atoms with Gasteiger partial charge in [0.2, 0.25) is 11.8 Å². The summed E-state index contributed by atoms with van der Waals surface area (Å²) < 4.78 is 23.1. The first-order valence-corrected chi connectivity index (χ1v) is 9.54. The minimum atomic E-state index is -3.00. The summed E-state index contributed by atoms with van der Waals surface area (Å²) >= 11 is 0. The van der Waals surface area contributed by atoms with Gasteiger partial charge in [0.15, 0.2) is 9.84 Å². The average Bonchev–Trinajstić information content (AvgIpc) is 2.86. The van der Waals surface area contributed by atoms with Crippen LogP contribution >= 0.6 is 0 Å². The molecule has 1 N–H and O–H groups in total. The first-order valence-electron chi connectivity index (χ1n) is 7.72. The van der Waals surface area contributed by atoms with Crippen LogP contribution in [0.15, 0.2) is 18.2 Å². The SMILES string of the molecule is CN(C(=O)Cc1ccc2c(c1)CCC(=O)N2)C1CCS(=O)(=O)C1. The first kappa shape index (κ1) is 16.0. The van der Waals surface area contributed by atoms with Crippen molar-refractivity contribution in [1.29, 1.82) is 0 Å². The maximum atomic E-state index is 12.4. The smallest absolute Gasteiger partial charge is 0.227 e. The van der Waals surface area contributed by atoms with Crippen LogP contribution < -0.4 is 5.32 Å². The van der Waals surface area contributed by atoms with Gasteiger partial charge in [-0.25, -0.2) is 8.42 Å². The van der Waals surface area contributed by atoms with Crippen LogP contribution in [0.25, 0.3) is 0 Å². The molecule has 2 amide bonds. The normalized spacial score (nSPS) is 22.3. The molecule has 6 nitrogen and oxygen atoms in total. The molecule has 1 aromatic rings. The van der Waals surface area contributed by atoms with E-state index in [-0.39, 0.29) is 35.8 Å². The lowest BCUT2D eigenvalue weighted by Crippen LogP contribution is -2.38. The Bertz CT molecular complexity index is 757. The van der Waals surface area contributed by atoms with Crippen molar-refractivity contribution in [2.45, 2.75) is 31.7 Å². The molecule has 2 aliphatic rings. The second kappa shape index (κ2) is 5.96. The van der Waals surface area contributed by atoms with Gasteiger partial charge >= 0.3 is 0 Å². The number of nitrogens with one attached hydrogen (secondary N) is 1. The number of fused-ring (bicyclic) bond motifs is 1.